The average Bonchev–Trinajstić information content (AvgIpc) is 2.76. The molecule has 1 heterocycles. The molecule has 166 valence electrons. The molecule has 4 nitrogen and oxygen atoms in total. The summed E-state index contributed by atoms with van der Waals surface area (Å²) in [5, 5.41) is 1.72. The van der Waals surface area contributed by atoms with E-state index in [1.165, 1.54) is 0 Å². The number of carbonyl (C=O) groups excluding carboxylic acids is 1. The number of hydrogen-bond donors (Lipinski definition) is 0. The topological polar surface area (TPSA) is 38.8 Å². The molecule has 4 rings (SSSR count). The molecule has 0 bridgehead atoms. The van der Waals surface area contributed by atoms with Crippen LogP contribution in [0.15, 0.2) is 72.8 Å². The van der Waals surface area contributed by atoms with Crippen LogP contribution < -0.4 is 0 Å². The minimum absolute atomic E-state index is 0.0777. The van der Waals surface area contributed by atoms with Gasteiger partial charge in [0.25, 0.3) is 5.91 Å². The number of methoxy groups -OCH3 is 1. The average molecular weight is 491 g/mol. The lowest BCUT2D eigenvalue weighted by atomic mass is 10.00. The van der Waals surface area contributed by atoms with E-state index in [1.54, 1.807) is 24.1 Å². The Hall–Kier alpha value is -2.08. The number of hydrogen-bond acceptors (Lipinski definition) is 3. The molecule has 1 aliphatic heterocycles. The van der Waals surface area contributed by atoms with Gasteiger partial charge >= 0.3 is 0 Å². The van der Waals surface area contributed by atoms with Crippen molar-refractivity contribution in [1.29, 1.82) is 0 Å². The largest absolute Gasteiger partial charge is 0.367 e. The highest BCUT2D eigenvalue weighted by Gasteiger charge is 2.37. The van der Waals surface area contributed by atoms with E-state index in [9.17, 15) is 4.79 Å². The molecule has 0 radical (unpaired) electrons. The molecule has 0 spiro atoms. The number of rotatable bonds is 7. The van der Waals surface area contributed by atoms with Crippen LogP contribution in [0.3, 0.4) is 0 Å². The van der Waals surface area contributed by atoms with Gasteiger partial charge in [-0.1, -0.05) is 83.3 Å². The van der Waals surface area contributed by atoms with Gasteiger partial charge in [0.15, 0.2) is 6.10 Å². The van der Waals surface area contributed by atoms with Crippen molar-refractivity contribution in [1.82, 2.24) is 4.90 Å². The van der Waals surface area contributed by atoms with Crippen LogP contribution >= 0.6 is 34.8 Å². The van der Waals surface area contributed by atoms with Crippen molar-refractivity contribution in [3.05, 3.63) is 105 Å². The van der Waals surface area contributed by atoms with E-state index >= 15 is 0 Å². The van der Waals surface area contributed by atoms with E-state index in [0.29, 0.717) is 28.2 Å². The predicted molar refractivity (Wildman–Crippen MR) is 127 cm³/mol. The standard InChI is InChI=1S/C25H22Cl3NO3/c1-31-24(16-5-3-2-4-6-16)25(30)29-14-20(15-29)32-23(17-7-9-18(26)10-8-17)21-12-11-19(27)13-22(21)28/h2-13,20,23-24H,14-15H2,1H3/t23?,24-/m0/s1. The first-order valence-corrected chi connectivity index (χ1v) is 11.3. The molecule has 7 heteroatoms. The number of likely N-dealkylation sites (tertiary alicyclic amines) is 1. The predicted octanol–water partition coefficient (Wildman–Crippen LogP) is 6.35. The zero-order valence-electron chi connectivity index (χ0n) is 17.4. The summed E-state index contributed by atoms with van der Waals surface area (Å²) in [5.41, 5.74) is 2.56. The Kier molecular flexibility index (Phi) is 7.39. The molecule has 0 N–H and O–H groups in total. The van der Waals surface area contributed by atoms with E-state index < -0.39 is 12.2 Å². The van der Waals surface area contributed by atoms with Gasteiger partial charge in [0.1, 0.15) is 6.10 Å². The fourth-order valence-electron chi connectivity index (χ4n) is 3.75. The van der Waals surface area contributed by atoms with Crippen molar-refractivity contribution < 1.29 is 14.3 Å². The highest BCUT2D eigenvalue weighted by atomic mass is 35.5. The molecule has 32 heavy (non-hydrogen) atoms. The first kappa shape index (κ1) is 23.1. The SMILES string of the molecule is CO[C@H](C(=O)N1CC(OC(c2ccc(Cl)cc2)c2ccc(Cl)cc2Cl)C1)c1ccccc1. The van der Waals surface area contributed by atoms with E-state index in [4.69, 9.17) is 44.3 Å². The molecule has 1 aliphatic rings. The highest BCUT2D eigenvalue weighted by Crippen LogP contribution is 2.36. The van der Waals surface area contributed by atoms with Crippen molar-refractivity contribution >= 4 is 40.7 Å². The molecule has 0 aromatic heterocycles. The third-order valence-corrected chi connectivity index (χ3v) is 6.28. The van der Waals surface area contributed by atoms with Gasteiger partial charge in [-0.2, -0.15) is 0 Å². The summed E-state index contributed by atoms with van der Waals surface area (Å²) in [5.74, 6) is -0.0777. The monoisotopic (exact) mass is 489 g/mol. The maximum Gasteiger partial charge on any atom is 0.256 e. The van der Waals surface area contributed by atoms with Crippen LogP contribution in [0.1, 0.15) is 28.9 Å². The number of benzene rings is 3. The minimum Gasteiger partial charge on any atom is -0.367 e. The summed E-state index contributed by atoms with van der Waals surface area (Å²) < 4.78 is 11.9. The first-order valence-electron chi connectivity index (χ1n) is 10.2. The van der Waals surface area contributed by atoms with Gasteiger partial charge in [-0.25, -0.2) is 0 Å². The number of amides is 1. The van der Waals surface area contributed by atoms with Gasteiger partial charge in [-0.15, -0.1) is 0 Å². The number of nitrogens with zero attached hydrogens (tertiary/aromatic N) is 1. The fourth-order valence-corrected chi connectivity index (χ4v) is 4.39. The Morgan fingerprint density at radius 2 is 1.56 bits per heavy atom. The molecule has 3 aromatic carbocycles. The molecule has 1 fully saturated rings. The maximum atomic E-state index is 13.0. The summed E-state index contributed by atoms with van der Waals surface area (Å²) in [6, 6.07) is 22.3. The molecule has 0 aliphatic carbocycles. The Morgan fingerprint density at radius 3 is 2.19 bits per heavy atom. The van der Waals surface area contributed by atoms with Crippen LogP contribution in [0, 0.1) is 0 Å². The van der Waals surface area contributed by atoms with Crippen LogP contribution in [0.2, 0.25) is 15.1 Å². The number of ether oxygens (including phenoxy) is 2. The van der Waals surface area contributed by atoms with Gasteiger partial charge in [-0.3, -0.25) is 4.79 Å². The quantitative estimate of drug-likeness (QED) is 0.387. The zero-order valence-corrected chi connectivity index (χ0v) is 19.6. The molecular formula is C25H22Cl3NO3. The fraction of sp³-hybridized carbons (Fsp3) is 0.240. The molecule has 1 amide bonds. The minimum atomic E-state index is -0.630. The lowest BCUT2D eigenvalue weighted by Crippen LogP contribution is -2.56. The zero-order chi connectivity index (χ0) is 22.7. The summed E-state index contributed by atoms with van der Waals surface area (Å²) >= 11 is 18.6. The summed E-state index contributed by atoms with van der Waals surface area (Å²) in [4.78, 5) is 14.7. The van der Waals surface area contributed by atoms with Gasteiger partial charge in [0.05, 0.1) is 6.10 Å². The van der Waals surface area contributed by atoms with Crippen molar-refractivity contribution in [3.63, 3.8) is 0 Å². The van der Waals surface area contributed by atoms with Crippen LogP contribution in [-0.2, 0) is 14.3 Å². The first-order chi connectivity index (χ1) is 15.5. The smallest absolute Gasteiger partial charge is 0.256 e. The lowest BCUT2D eigenvalue weighted by molar-refractivity contribution is -0.158. The summed E-state index contributed by atoms with van der Waals surface area (Å²) in [7, 11) is 1.54. The third-order valence-electron chi connectivity index (χ3n) is 5.47. The van der Waals surface area contributed by atoms with Gasteiger partial charge in [0, 0.05) is 40.8 Å². The Morgan fingerprint density at radius 1 is 0.906 bits per heavy atom. The molecule has 1 saturated heterocycles. The van der Waals surface area contributed by atoms with Gasteiger partial charge < -0.3 is 14.4 Å². The van der Waals surface area contributed by atoms with Crippen molar-refractivity contribution in [3.8, 4) is 0 Å². The summed E-state index contributed by atoms with van der Waals surface area (Å²) in [6.07, 6.45) is -1.18. The van der Waals surface area contributed by atoms with Crippen molar-refractivity contribution in [2.24, 2.45) is 0 Å². The van der Waals surface area contributed by atoms with E-state index in [-0.39, 0.29) is 12.0 Å². The molecular weight excluding hydrogens is 469 g/mol. The van der Waals surface area contributed by atoms with Gasteiger partial charge in [0.2, 0.25) is 0 Å². The second-order valence-electron chi connectivity index (χ2n) is 7.63. The van der Waals surface area contributed by atoms with Crippen LogP contribution in [0.25, 0.3) is 0 Å². The van der Waals surface area contributed by atoms with Crippen LogP contribution in [-0.4, -0.2) is 37.1 Å². The maximum absolute atomic E-state index is 13.0. The second-order valence-corrected chi connectivity index (χ2v) is 8.91. The normalized spacial score (nSPS) is 15.8. The highest BCUT2D eigenvalue weighted by molar-refractivity contribution is 6.35. The van der Waals surface area contributed by atoms with E-state index in [2.05, 4.69) is 0 Å². The Labute approximate surface area is 202 Å². The van der Waals surface area contributed by atoms with Crippen molar-refractivity contribution in [2.45, 2.75) is 18.3 Å². The Balaban J connectivity index is 1.48. The molecule has 2 atom stereocenters. The van der Waals surface area contributed by atoms with Gasteiger partial charge in [-0.05, 0) is 35.4 Å². The molecule has 1 unspecified atom stereocenters. The lowest BCUT2D eigenvalue weighted by Gasteiger charge is -2.42. The Bertz CT molecular complexity index is 1070. The molecule has 0 saturated carbocycles. The second kappa shape index (κ2) is 10.2. The van der Waals surface area contributed by atoms with E-state index in [0.717, 1.165) is 16.7 Å². The number of carbonyl (C=O) groups is 1. The number of halogens is 3. The van der Waals surface area contributed by atoms with Crippen molar-refractivity contribution in [2.75, 3.05) is 20.2 Å². The molecule has 3 aromatic rings. The van der Waals surface area contributed by atoms with Crippen LogP contribution in [0.5, 0.6) is 0 Å². The van der Waals surface area contributed by atoms with Crippen LogP contribution in [0.4, 0.5) is 0 Å². The summed E-state index contributed by atoms with van der Waals surface area (Å²) in [6.45, 7) is 0.946. The van der Waals surface area contributed by atoms with E-state index in [1.807, 2.05) is 60.7 Å². The third kappa shape index (κ3) is 5.11.